The molecule has 34 heavy (non-hydrogen) atoms. The van der Waals surface area contributed by atoms with Gasteiger partial charge in [0.25, 0.3) is 0 Å². The van der Waals surface area contributed by atoms with Gasteiger partial charge in [-0.2, -0.15) is 0 Å². The molecule has 0 bridgehead atoms. The Bertz CT molecular complexity index is 1120. The summed E-state index contributed by atoms with van der Waals surface area (Å²) in [7, 11) is 3.22. The van der Waals surface area contributed by atoms with E-state index in [2.05, 4.69) is 37.2 Å². The molecule has 1 saturated heterocycles. The van der Waals surface area contributed by atoms with E-state index in [9.17, 15) is 4.79 Å². The monoisotopic (exact) mass is 499 g/mol. The van der Waals surface area contributed by atoms with Crippen LogP contribution < -0.4 is 24.6 Å². The molecule has 8 nitrogen and oxygen atoms in total. The van der Waals surface area contributed by atoms with Gasteiger partial charge in [0.2, 0.25) is 5.91 Å². The lowest BCUT2D eigenvalue weighted by Gasteiger charge is -2.37. The Morgan fingerprint density at radius 2 is 1.71 bits per heavy atom. The number of hydrogen-bond acceptors (Lipinski definition) is 8. The van der Waals surface area contributed by atoms with Gasteiger partial charge in [-0.15, -0.1) is 0 Å². The van der Waals surface area contributed by atoms with Gasteiger partial charge in [-0.25, -0.2) is 9.97 Å². The summed E-state index contributed by atoms with van der Waals surface area (Å²) in [5.74, 6) is 2.28. The zero-order valence-corrected chi connectivity index (χ0v) is 20.6. The zero-order chi connectivity index (χ0) is 23.9. The van der Waals surface area contributed by atoms with Crippen molar-refractivity contribution in [3.8, 4) is 11.5 Å². The minimum atomic E-state index is -0.146. The second-order valence-corrected chi connectivity index (χ2v) is 8.91. The Morgan fingerprint density at radius 1 is 1.00 bits per heavy atom. The van der Waals surface area contributed by atoms with Crippen molar-refractivity contribution in [2.24, 2.45) is 0 Å². The molecule has 1 aliphatic rings. The first-order chi connectivity index (χ1) is 16.6. The van der Waals surface area contributed by atoms with Crippen LogP contribution >= 0.6 is 23.4 Å². The van der Waals surface area contributed by atoms with Crippen LogP contribution in [0.15, 0.2) is 59.9 Å². The van der Waals surface area contributed by atoms with Gasteiger partial charge < -0.3 is 24.6 Å². The van der Waals surface area contributed by atoms with Crippen molar-refractivity contribution in [2.45, 2.75) is 5.03 Å². The number of aromatic nitrogens is 2. The number of amides is 1. The van der Waals surface area contributed by atoms with Gasteiger partial charge in [0.1, 0.15) is 16.5 Å². The maximum absolute atomic E-state index is 12.5. The molecule has 2 heterocycles. The second kappa shape index (κ2) is 11.3. The van der Waals surface area contributed by atoms with Crippen LogP contribution in [0.4, 0.5) is 17.2 Å². The molecule has 178 valence electrons. The first kappa shape index (κ1) is 24.0. The van der Waals surface area contributed by atoms with E-state index in [0.717, 1.165) is 42.8 Å². The number of nitrogens with one attached hydrogen (secondary N) is 1. The first-order valence-electron chi connectivity index (χ1n) is 10.8. The van der Waals surface area contributed by atoms with Gasteiger partial charge in [0, 0.05) is 49.9 Å². The Kier molecular flexibility index (Phi) is 7.97. The number of carbonyl (C=O) groups is 1. The van der Waals surface area contributed by atoms with Crippen LogP contribution in [0.25, 0.3) is 0 Å². The van der Waals surface area contributed by atoms with Crippen LogP contribution in [0.1, 0.15) is 0 Å². The topological polar surface area (TPSA) is 79.8 Å². The Hall–Kier alpha value is -3.17. The Balaban J connectivity index is 1.34. The van der Waals surface area contributed by atoms with E-state index in [1.807, 2.05) is 12.1 Å². The molecule has 1 N–H and O–H groups in total. The SMILES string of the molecule is COc1ccc(N2CCN(c3nccnc3SCC(=O)Nc3ccc(OC)c(Cl)c3)CC2)cc1. The summed E-state index contributed by atoms with van der Waals surface area (Å²) in [5.41, 5.74) is 1.79. The highest BCUT2D eigenvalue weighted by Gasteiger charge is 2.22. The predicted molar refractivity (Wildman–Crippen MR) is 137 cm³/mol. The molecule has 0 aliphatic carbocycles. The molecule has 1 fully saturated rings. The molecule has 1 aromatic heterocycles. The smallest absolute Gasteiger partial charge is 0.234 e. The molecule has 0 saturated carbocycles. The summed E-state index contributed by atoms with van der Waals surface area (Å²) in [6.07, 6.45) is 3.34. The lowest BCUT2D eigenvalue weighted by molar-refractivity contribution is -0.113. The molecule has 0 atom stereocenters. The van der Waals surface area contributed by atoms with Gasteiger partial charge in [0.15, 0.2) is 5.82 Å². The fourth-order valence-electron chi connectivity index (χ4n) is 3.68. The van der Waals surface area contributed by atoms with E-state index in [4.69, 9.17) is 21.1 Å². The van der Waals surface area contributed by atoms with Crippen LogP contribution in [0.2, 0.25) is 5.02 Å². The zero-order valence-electron chi connectivity index (χ0n) is 19.0. The highest BCUT2D eigenvalue weighted by molar-refractivity contribution is 8.00. The summed E-state index contributed by atoms with van der Waals surface area (Å²) < 4.78 is 10.4. The average molecular weight is 500 g/mol. The number of halogens is 1. The molecular formula is C24H26ClN5O3S. The number of rotatable bonds is 8. The maximum Gasteiger partial charge on any atom is 0.234 e. The van der Waals surface area contributed by atoms with Crippen molar-refractivity contribution in [1.82, 2.24) is 9.97 Å². The van der Waals surface area contributed by atoms with E-state index in [0.29, 0.717) is 16.5 Å². The van der Waals surface area contributed by atoms with E-state index < -0.39 is 0 Å². The van der Waals surface area contributed by atoms with E-state index >= 15 is 0 Å². The molecule has 0 radical (unpaired) electrons. The number of methoxy groups -OCH3 is 2. The second-order valence-electron chi connectivity index (χ2n) is 7.54. The van der Waals surface area contributed by atoms with Gasteiger partial charge >= 0.3 is 0 Å². The quantitative estimate of drug-likeness (QED) is 0.462. The summed E-state index contributed by atoms with van der Waals surface area (Å²) in [4.78, 5) is 26.1. The summed E-state index contributed by atoms with van der Waals surface area (Å²) in [6.45, 7) is 3.36. The fraction of sp³-hybridized carbons (Fsp3) is 0.292. The Morgan fingerprint density at radius 3 is 2.38 bits per heavy atom. The van der Waals surface area contributed by atoms with E-state index in [1.54, 1.807) is 44.8 Å². The number of hydrogen-bond donors (Lipinski definition) is 1. The molecule has 2 aromatic carbocycles. The average Bonchev–Trinajstić information content (AvgIpc) is 2.88. The highest BCUT2D eigenvalue weighted by atomic mass is 35.5. The summed E-state index contributed by atoms with van der Waals surface area (Å²) >= 11 is 7.51. The van der Waals surface area contributed by atoms with Crippen LogP contribution in [0.5, 0.6) is 11.5 Å². The van der Waals surface area contributed by atoms with Crippen molar-refractivity contribution in [1.29, 1.82) is 0 Å². The van der Waals surface area contributed by atoms with Crippen molar-refractivity contribution >= 4 is 46.5 Å². The lowest BCUT2D eigenvalue weighted by Crippen LogP contribution is -2.47. The van der Waals surface area contributed by atoms with Crippen molar-refractivity contribution in [3.05, 3.63) is 59.9 Å². The van der Waals surface area contributed by atoms with Crippen molar-refractivity contribution < 1.29 is 14.3 Å². The highest BCUT2D eigenvalue weighted by Crippen LogP contribution is 2.29. The van der Waals surface area contributed by atoms with E-state index in [1.165, 1.54) is 17.4 Å². The number of nitrogens with zero attached hydrogens (tertiary/aromatic N) is 4. The minimum absolute atomic E-state index is 0.146. The van der Waals surface area contributed by atoms with Crippen molar-refractivity contribution in [2.75, 3.05) is 61.3 Å². The minimum Gasteiger partial charge on any atom is -0.497 e. The number of benzene rings is 2. The third-order valence-corrected chi connectivity index (χ3v) is 6.70. The van der Waals surface area contributed by atoms with Gasteiger partial charge in [0.05, 0.1) is 25.0 Å². The maximum atomic E-state index is 12.5. The molecule has 0 unspecified atom stereocenters. The molecular weight excluding hydrogens is 474 g/mol. The number of piperazine rings is 1. The standard InChI is InChI=1S/C24H26ClN5O3S/c1-32-19-6-4-18(5-7-19)29-11-13-30(14-12-29)23-24(27-10-9-26-23)34-16-22(31)28-17-3-8-21(33-2)20(25)15-17/h3-10,15H,11-14,16H2,1-2H3,(H,28,31). The fourth-order valence-corrected chi connectivity index (χ4v) is 4.73. The van der Waals surface area contributed by atoms with Gasteiger partial charge in [-0.1, -0.05) is 23.4 Å². The lowest BCUT2D eigenvalue weighted by atomic mass is 10.2. The molecule has 0 spiro atoms. The van der Waals surface area contributed by atoms with Crippen LogP contribution in [-0.2, 0) is 4.79 Å². The van der Waals surface area contributed by atoms with Gasteiger partial charge in [-0.3, -0.25) is 4.79 Å². The molecule has 3 aromatic rings. The molecule has 4 rings (SSSR count). The number of ether oxygens (including phenoxy) is 2. The predicted octanol–water partition coefficient (Wildman–Crippen LogP) is 4.20. The molecule has 1 amide bonds. The van der Waals surface area contributed by atoms with E-state index in [-0.39, 0.29) is 11.7 Å². The first-order valence-corrected chi connectivity index (χ1v) is 12.1. The third-order valence-electron chi connectivity index (χ3n) is 5.44. The summed E-state index contributed by atoms with van der Waals surface area (Å²) in [6, 6.07) is 13.2. The van der Waals surface area contributed by atoms with Gasteiger partial charge in [-0.05, 0) is 42.5 Å². The third kappa shape index (κ3) is 5.84. The molecule has 1 aliphatic heterocycles. The van der Waals surface area contributed by atoms with Crippen LogP contribution in [0.3, 0.4) is 0 Å². The Labute approximate surface area is 208 Å². The normalized spacial score (nSPS) is 13.5. The van der Waals surface area contributed by atoms with Crippen LogP contribution in [0, 0.1) is 0 Å². The number of thioether (sulfide) groups is 1. The largest absolute Gasteiger partial charge is 0.497 e. The van der Waals surface area contributed by atoms with Crippen LogP contribution in [-0.4, -0.2) is 62.0 Å². The summed E-state index contributed by atoms with van der Waals surface area (Å²) in [5, 5.41) is 4.04. The number of carbonyl (C=O) groups excluding carboxylic acids is 1. The molecule has 10 heteroatoms. The van der Waals surface area contributed by atoms with Crippen molar-refractivity contribution in [3.63, 3.8) is 0 Å². The number of anilines is 3.